The summed E-state index contributed by atoms with van der Waals surface area (Å²) in [5.41, 5.74) is 2.11. The number of nitrogens with zero attached hydrogens (tertiary/aromatic N) is 2. The van der Waals surface area contributed by atoms with Gasteiger partial charge in [-0.1, -0.05) is 6.07 Å². The Labute approximate surface area is 72.4 Å². The number of benzene rings is 1. The van der Waals surface area contributed by atoms with Gasteiger partial charge in [0.25, 0.3) is 0 Å². The molecule has 0 bridgehead atoms. The molecule has 2 heterocycles. The summed E-state index contributed by atoms with van der Waals surface area (Å²) >= 11 is 1.37. The standard InChI is InChI=1S/C8H5N3S/c1-2-7-8(11-12-10-7)6-4-9-3-5(1)6/h1-4,10H. The van der Waals surface area contributed by atoms with Crippen molar-refractivity contribution in [3.05, 3.63) is 24.5 Å². The molecule has 58 valence electrons. The SMILES string of the molecule is c1cc2[nH]snc2c2cncc12. The maximum atomic E-state index is 4.27. The maximum Gasteiger partial charge on any atom is 0.111 e. The van der Waals surface area contributed by atoms with Gasteiger partial charge in [-0.05, 0) is 6.07 Å². The van der Waals surface area contributed by atoms with Gasteiger partial charge >= 0.3 is 0 Å². The number of fused-ring (bicyclic) bond motifs is 3. The second-order valence-electron chi connectivity index (χ2n) is 2.66. The molecule has 0 spiro atoms. The minimum Gasteiger partial charge on any atom is -0.293 e. The Morgan fingerprint density at radius 2 is 2.25 bits per heavy atom. The Kier molecular flexibility index (Phi) is 1.04. The highest BCUT2D eigenvalue weighted by atomic mass is 32.1. The Hall–Kier alpha value is -1.42. The molecule has 0 saturated heterocycles. The van der Waals surface area contributed by atoms with E-state index in [-0.39, 0.29) is 0 Å². The predicted molar refractivity (Wildman–Crippen MR) is 49.3 cm³/mol. The van der Waals surface area contributed by atoms with Crippen molar-refractivity contribution in [3.63, 3.8) is 0 Å². The molecule has 0 fully saturated rings. The van der Waals surface area contributed by atoms with Crippen molar-refractivity contribution in [2.45, 2.75) is 0 Å². The minimum absolute atomic E-state index is 1.02. The van der Waals surface area contributed by atoms with E-state index < -0.39 is 0 Å². The van der Waals surface area contributed by atoms with Crippen LogP contribution in [0.25, 0.3) is 21.8 Å². The monoisotopic (exact) mass is 175 g/mol. The Bertz CT molecular complexity index is 487. The Balaban J connectivity index is 2.71. The zero-order valence-electron chi connectivity index (χ0n) is 6.11. The first-order valence-corrected chi connectivity index (χ1v) is 4.39. The van der Waals surface area contributed by atoms with E-state index in [0.717, 1.165) is 21.8 Å². The lowest BCUT2D eigenvalue weighted by Crippen LogP contribution is -1.69. The van der Waals surface area contributed by atoms with Gasteiger partial charge in [0.1, 0.15) is 5.52 Å². The molecule has 0 radical (unpaired) electrons. The molecule has 0 aliphatic rings. The van der Waals surface area contributed by atoms with E-state index in [1.807, 2.05) is 18.5 Å². The lowest BCUT2D eigenvalue weighted by Gasteiger charge is -1.88. The first-order valence-electron chi connectivity index (χ1n) is 3.61. The summed E-state index contributed by atoms with van der Waals surface area (Å²) in [6.07, 6.45) is 3.71. The third-order valence-corrected chi connectivity index (χ3v) is 2.55. The van der Waals surface area contributed by atoms with Gasteiger partial charge in [-0.25, -0.2) is 0 Å². The summed E-state index contributed by atoms with van der Waals surface area (Å²) in [6, 6.07) is 4.08. The van der Waals surface area contributed by atoms with E-state index in [9.17, 15) is 0 Å². The smallest absolute Gasteiger partial charge is 0.111 e. The van der Waals surface area contributed by atoms with Gasteiger partial charge in [-0.2, -0.15) is 4.37 Å². The van der Waals surface area contributed by atoms with Gasteiger partial charge in [-0.3, -0.25) is 9.36 Å². The van der Waals surface area contributed by atoms with Gasteiger partial charge in [0.05, 0.1) is 5.52 Å². The Morgan fingerprint density at radius 1 is 1.25 bits per heavy atom. The maximum absolute atomic E-state index is 4.27. The number of rotatable bonds is 0. The van der Waals surface area contributed by atoms with Crippen LogP contribution >= 0.6 is 11.7 Å². The van der Waals surface area contributed by atoms with Crippen molar-refractivity contribution in [2.75, 3.05) is 0 Å². The summed E-state index contributed by atoms with van der Waals surface area (Å²) in [4.78, 5) is 4.08. The van der Waals surface area contributed by atoms with Crippen molar-refractivity contribution in [2.24, 2.45) is 0 Å². The largest absolute Gasteiger partial charge is 0.293 e. The van der Waals surface area contributed by atoms with Crippen molar-refractivity contribution >= 4 is 33.5 Å². The average Bonchev–Trinajstić information content (AvgIpc) is 2.71. The van der Waals surface area contributed by atoms with E-state index in [4.69, 9.17) is 0 Å². The molecule has 4 heteroatoms. The van der Waals surface area contributed by atoms with Crippen LogP contribution in [-0.4, -0.2) is 13.7 Å². The van der Waals surface area contributed by atoms with E-state index in [2.05, 4.69) is 19.8 Å². The van der Waals surface area contributed by atoms with Crippen LogP contribution in [0.5, 0.6) is 0 Å². The van der Waals surface area contributed by atoms with E-state index in [0.29, 0.717) is 0 Å². The molecule has 1 aromatic carbocycles. The van der Waals surface area contributed by atoms with Crippen molar-refractivity contribution in [1.82, 2.24) is 13.7 Å². The summed E-state index contributed by atoms with van der Waals surface area (Å²) in [5.74, 6) is 0. The fourth-order valence-electron chi connectivity index (χ4n) is 1.36. The number of aromatic nitrogens is 3. The number of H-pyrrole nitrogens is 1. The minimum atomic E-state index is 1.02. The molecule has 0 saturated carbocycles. The number of aromatic amines is 1. The van der Waals surface area contributed by atoms with Crippen LogP contribution in [0, 0.1) is 0 Å². The molecule has 1 N–H and O–H groups in total. The highest BCUT2D eigenvalue weighted by molar-refractivity contribution is 7.00. The van der Waals surface area contributed by atoms with E-state index in [1.54, 1.807) is 0 Å². The molecule has 0 aliphatic carbocycles. The molecule has 2 aromatic heterocycles. The molecule has 0 amide bonds. The van der Waals surface area contributed by atoms with Gasteiger partial charge < -0.3 is 0 Å². The highest BCUT2D eigenvalue weighted by Gasteiger charge is 2.02. The summed E-state index contributed by atoms with van der Waals surface area (Å²) < 4.78 is 7.37. The highest BCUT2D eigenvalue weighted by Crippen LogP contribution is 2.22. The molecular formula is C8H5N3S. The number of nitrogens with one attached hydrogen (secondary N) is 1. The van der Waals surface area contributed by atoms with Crippen LogP contribution < -0.4 is 0 Å². The van der Waals surface area contributed by atoms with Crippen LogP contribution in [0.3, 0.4) is 0 Å². The molecule has 3 rings (SSSR count). The van der Waals surface area contributed by atoms with Gasteiger partial charge in [0.15, 0.2) is 0 Å². The van der Waals surface area contributed by atoms with Crippen molar-refractivity contribution in [1.29, 1.82) is 0 Å². The topological polar surface area (TPSA) is 41.6 Å². The molecule has 0 atom stereocenters. The van der Waals surface area contributed by atoms with Crippen LogP contribution in [0.4, 0.5) is 0 Å². The van der Waals surface area contributed by atoms with Crippen LogP contribution in [-0.2, 0) is 0 Å². The summed E-state index contributed by atoms with van der Waals surface area (Å²) in [7, 11) is 0. The molecule has 3 aromatic rings. The predicted octanol–water partition coefficient (Wildman–Crippen LogP) is 2.17. The normalized spacial score (nSPS) is 11.3. The summed E-state index contributed by atoms with van der Waals surface area (Å²) in [6.45, 7) is 0. The van der Waals surface area contributed by atoms with Crippen LogP contribution in [0.2, 0.25) is 0 Å². The van der Waals surface area contributed by atoms with E-state index in [1.165, 1.54) is 11.7 Å². The second-order valence-corrected chi connectivity index (χ2v) is 3.23. The number of hydrogen-bond donors (Lipinski definition) is 1. The third-order valence-electron chi connectivity index (χ3n) is 1.96. The fraction of sp³-hybridized carbons (Fsp3) is 0. The number of hydrogen-bond acceptors (Lipinski definition) is 3. The van der Waals surface area contributed by atoms with Crippen LogP contribution in [0.1, 0.15) is 0 Å². The van der Waals surface area contributed by atoms with Gasteiger partial charge in [0.2, 0.25) is 0 Å². The second kappa shape index (κ2) is 2.04. The summed E-state index contributed by atoms with van der Waals surface area (Å²) in [5, 5.41) is 2.28. The van der Waals surface area contributed by atoms with Crippen molar-refractivity contribution < 1.29 is 0 Å². The molecule has 3 nitrogen and oxygen atoms in total. The van der Waals surface area contributed by atoms with Gasteiger partial charge in [-0.15, -0.1) is 0 Å². The van der Waals surface area contributed by atoms with Crippen LogP contribution in [0.15, 0.2) is 24.5 Å². The average molecular weight is 175 g/mol. The lowest BCUT2D eigenvalue weighted by atomic mass is 10.2. The zero-order valence-corrected chi connectivity index (χ0v) is 6.93. The quantitative estimate of drug-likeness (QED) is 0.569. The third kappa shape index (κ3) is 0.648. The lowest BCUT2D eigenvalue weighted by molar-refractivity contribution is 1.43. The molecule has 0 unspecified atom stereocenters. The van der Waals surface area contributed by atoms with Gasteiger partial charge in [0, 0.05) is 34.9 Å². The first kappa shape index (κ1) is 6.14. The molecule has 0 aliphatic heterocycles. The first-order chi connectivity index (χ1) is 5.95. The van der Waals surface area contributed by atoms with E-state index >= 15 is 0 Å². The Morgan fingerprint density at radius 3 is 3.25 bits per heavy atom. The fourth-order valence-corrected chi connectivity index (χ4v) is 1.96. The molecule has 12 heavy (non-hydrogen) atoms. The molecular weight excluding hydrogens is 170 g/mol. The zero-order chi connectivity index (χ0) is 7.97. The van der Waals surface area contributed by atoms with Crippen molar-refractivity contribution in [3.8, 4) is 0 Å².